The summed E-state index contributed by atoms with van der Waals surface area (Å²) < 4.78 is 0. The minimum Gasteiger partial charge on any atom is -0.396 e. The van der Waals surface area contributed by atoms with Crippen molar-refractivity contribution in [3.05, 3.63) is 59.7 Å². The Morgan fingerprint density at radius 2 is 1.00 bits per heavy atom. The van der Waals surface area contributed by atoms with Crippen LogP contribution in [0.25, 0.3) is 0 Å². The van der Waals surface area contributed by atoms with E-state index in [4.69, 9.17) is 10.2 Å². The van der Waals surface area contributed by atoms with E-state index in [1.807, 2.05) is 24.3 Å². The van der Waals surface area contributed by atoms with Crippen LogP contribution in [0.3, 0.4) is 0 Å². The van der Waals surface area contributed by atoms with Crippen LogP contribution in [-0.4, -0.2) is 35.6 Å². The Hall–Kier alpha value is -2.88. The molecule has 0 aromatic heterocycles. The summed E-state index contributed by atoms with van der Waals surface area (Å²) in [6, 6.07) is 14.7. The SMILES string of the molecule is O=C=Nc1ccc(Cc2ccc(N=C=O)cc2)cc1.OCCCCCCO. The van der Waals surface area contributed by atoms with Gasteiger partial charge in [0.1, 0.15) is 0 Å². The number of hydrogen-bond donors (Lipinski definition) is 2. The number of benzene rings is 2. The van der Waals surface area contributed by atoms with Crippen molar-refractivity contribution in [2.45, 2.75) is 32.1 Å². The minimum absolute atomic E-state index is 0.283. The average Bonchev–Trinajstić information content (AvgIpc) is 2.69. The first-order chi connectivity index (χ1) is 13.2. The number of aliphatic imine (C=N–C) groups is 2. The van der Waals surface area contributed by atoms with Crippen LogP contribution in [0.15, 0.2) is 58.5 Å². The number of carbonyl (C=O) groups excluding carboxylic acids is 2. The van der Waals surface area contributed by atoms with E-state index in [1.54, 1.807) is 24.3 Å². The van der Waals surface area contributed by atoms with Gasteiger partial charge in [-0.2, -0.15) is 9.98 Å². The second-order valence-corrected chi connectivity index (χ2v) is 5.78. The highest BCUT2D eigenvalue weighted by atomic mass is 16.3. The molecule has 0 heterocycles. The fraction of sp³-hybridized carbons (Fsp3) is 0.333. The molecule has 0 spiro atoms. The molecule has 2 aromatic carbocycles. The van der Waals surface area contributed by atoms with Gasteiger partial charge in [0.15, 0.2) is 0 Å². The van der Waals surface area contributed by atoms with Crippen LogP contribution >= 0.6 is 0 Å². The summed E-state index contributed by atoms with van der Waals surface area (Å²) in [6.07, 6.45) is 7.60. The third-order valence-electron chi connectivity index (χ3n) is 3.70. The number of nitrogens with zero attached hydrogens (tertiary/aromatic N) is 2. The van der Waals surface area contributed by atoms with Crippen molar-refractivity contribution in [1.29, 1.82) is 0 Å². The van der Waals surface area contributed by atoms with Gasteiger partial charge in [0.05, 0.1) is 11.4 Å². The van der Waals surface area contributed by atoms with E-state index in [0.29, 0.717) is 11.4 Å². The van der Waals surface area contributed by atoms with Crippen molar-refractivity contribution in [2.24, 2.45) is 9.98 Å². The van der Waals surface area contributed by atoms with Gasteiger partial charge in [0, 0.05) is 13.2 Å². The van der Waals surface area contributed by atoms with Crippen molar-refractivity contribution in [3.8, 4) is 0 Å². The maximum absolute atomic E-state index is 10.1. The van der Waals surface area contributed by atoms with Crippen LogP contribution in [-0.2, 0) is 16.0 Å². The normalized spacial score (nSPS) is 9.41. The lowest BCUT2D eigenvalue weighted by atomic mass is 10.0. The van der Waals surface area contributed by atoms with Crippen molar-refractivity contribution >= 4 is 23.5 Å². The molecule has 2 rings (SSSR count). The summed E-state index contributed by atoms with van der Waals surface area (Å²) in [5.41, 5.74) is 3.40. The first-order valence-corrected chi connectivity index (χ1v) is 8.78. The van der Waals surface area contributed by atoms with Gasteiger partial charge in [0.25, 0.3) is 0 Å². The molecule has 0 radical (unpaired) electrons. The molecular weight excluding hydrogens is 344 g/mol. The smallest absolute Gasteiger partial charge is 0.240 e. The fourth-order valence-electron chi connectivity index (χ4n) is 2.29. The van der Waals surface area contributed by atoms with E-state index in [1.165, 1.54) is 12.2 Å². The maximum Gasteiger partial charge on any atom is 0.240 e. The summed E-state index contributed by atoms with van der Waals surface area (Å²) in [4.78, 5) is 27.3. The molecule has 0 unspecified atom stereocenters. The van der Waals surface area contributed by atoms with Crippen LogP contribution in [0.1, 0.15) is 36.8 Å². The molecule has 142 valence electrons. The van der Waals surface area contributed by atoms with Crippen molar-refractivity contribution in [1.82, 2.24) is 0 Å². The molecule has 2 aromatic rings. The number of aliphatic hydroxyl groups excluding tert-OH is 2. The number of aliphatic hydroxyl groups is 2. The molecule has 0 bridgehead atoms. The van der Waals surface area contributed by atoms with Crippen LogP contribution in [0.5, 0.6) is 0 Å². The fourth-order valence-corrected chi connectivity index (χ4v) is 2.29. The Kier molecular flexibility index (Phi) is 11.7. The van der Waals surface area contributed by atoms with Gasteiger partial charge in [-0.3, -0.25) is 0 Å². The lowest BCUT2D eigenvalue weighted by molar-refractivity contribution is 0.265. The quantitative estimate of drug-likeness (QED) is 0.400. The Bertz CT molecular complexity index is 679. The molecule has 0 saturated heterocycles. The average molecular weight is 368 g/mol. The predicted octanol–water partition coefficient (Wildman–Crippen LogP) is 3.74. The second kappa shape index (κ2) is 14.3. The topological polar surface area (TPSA) is 99.3 Å². The summed E-state index contributed by atoms with van der Waals surface area (Å²) >= 11 is 0. The molecule has 27 heavy (non-hydrogen) atoms. The summed E-state index contributed by atoms with van der Waals surface area (Å²) in [6.45, 7) is 0.566. The molecule has 0 aliphatic rings. The molecule has 0 aliphatic carbocycles. The summed E-state index contributed by atoms with van der Waals surface area (Å²) in [5, 5.41) is 16.6. The molecule has 6 heteroatoms. The lowest BCUT2D eigenvalue weighted by Crippen LogP contribution is -1.86. The Balaban J connectivity index is 0.000000387. The van der Waals surface area contributed by atoms with Crippen LogP contribution in [0.4, 0.5) is 11.4 Å². The standard InChI is InChI=1S/C15H10N2O2.C6H14O2/c18-10-16-14-5-1-12(2-6-14)9-13-3-7-15(8-4-13)17-11-19;7-5-3-1-2-4-6-8/h1-8H,9H2;7-8H,1-6H2. The molecule has 2 N–H and O–H groups in total. The van der Waals surface area contributed by atoms with Gasteiger partial charge in [-0.15, -0.1) is 0 Å². The Morgan fingerprint density at radius 3 is 1.30 bits per heavy atom. The Morgan fingerprint density at radius 1 is 0.630 bits per heavy atom. The highest BCUT2D eigenvalue weighted by molar-refractivity contribution is 5.51. The summed E-state index contributed by atoms with van der Waals surface area (Å²) in [5.74, 6) is 0. The number of unbranched alkanes of at least 4 members (excludes halogenated alkanes) is 3. The van der Waals surface area contributed by atoms with Crippen LogP contribution < -0.4 is 0 Å². The molecule has 0 aliphatic heterocycles. The maximum atomic E-state index is 10.1. The van der Waals surface area contributed by atoms with E-state index in [9.17, 15) is 9.59 Å². The molecule has 0 saturated carbocycles. The zero-order valence-corrected chi connectivity index (χ0v) is 15.2. The monoisotopic (exact) mass is 368 g/mol. The van der Waals surface area contributed by atoms with E-state index < -0.39 is 0 Å². The van der Waals surface area contributed by atoms with E-state index in [2.05, 4.69) is 9.98 Å². The zero-order valence-electron chi connectivity index (χ0n) is 15.2. The first kappa shape index (κ1) is 22.2. The van der Waals surface area contributed by atoms with Gasteiger partial charge in [-0.05, 0) is 54.7 Å². The van der Waals surface area contributed by atoms with Gasteiger partial charge < -0.3 is 10.2 Å². The van der Waals surface area contributed by atoms with Gasteiger partial charge in [-0.25, -0.2) is 9.59 Å². The number of hydrogen-bond acceptors (Lipinski definition) is 6. The lowest BCUT2D eigenvalue weighted by Gasteiger charge is -2.02. The molecule has 6 nitrogen and oxygen atoms in total. The molecular formula is C21H24N2O4. The highest BCUT2D eigenvalue weighted by Gasteiger charge is 1.97. The van der Waals surface area contributed by atoms with Gasteiger partial charge in [0.2, 0.25) is 12.2 Å². The van der Waals surface area contributed by atoms with E-state index in [0.717, 1.165) is 43.2 Å². The molecule has 0 amide bonds. The largest absolute Gasteiger partial charge is 0.396 e. The van der Waals surface area contributed by atoms with Crippen LogP contribution in [0.2, 0.25) is 0 Å². The third kappa shape index (κ3) is 10.00. The van der Waals surface area contributed by atoms with Gasteiger partial charge >= 0.3 is 0 Å². The number of rotatable bonds is 9. The van der Waals surface area contributed by atoms with Crippen molar-refractivity contribution in [2.75, 3.05) is 13.2 Å². The van der Waals surface area contributed by atoms with E-state index >= 15 is 0 Å². The second-order valence-electron chi connectivity index (χ2n) is 5.78. The van der Waals surface area contributed by atoms with Crippen molar-refractivity contribution in [3.63, 3.8) is 0 Å². The predicted molar refractivity (Wildman–Crippen MR) is 104 cm³/mol. The highest BCUT2D eigenvalue weighted by Crippen LogP contribution is 2.17. The van der Waals surface area contributed by atoms with Gasteiger partial charge in [-0.1, -0.05) is 37.1 Å². The van der Waals surface area contributed by atoms with Crippen LogP contribution in [0, 0.1) is 0 Å². The number of isocyanates is 2. The van der Waals surface area contributed by atoms with E-state index in [-0.39, 0.29) is 13.2 Å². The first-order valence-electron chi connectivity index (χ1n) is 8.78. The molecule has 0 atom stereocenters. The zero-order chi connectivity index (χ0) is 19.7. The molecule has 0 fully saturated rings. The third-order valence-corrected chi connectivity index (χ3v) is 3.70. The minimum atomic E-state index is 0.283. The Labute approximate surface area is 158 Å². The van der Waals surface area contributed by atoms with Crippen molar-refractivity contribution < 1.29 is 19.8 Å². The summed E-state index contributed by atoms with van der Waals surface area (Å²) in [7, 11) is 0.